The van der Waals surface area contributed by atoms with Gasteiger partial charge in [-0.3, -0.25) is 0 Å². The number of hydrogen-bond donors (Lipinski definition) is 1. The molecule has 0 aromatic heterocycles. The maximum atomic E-state index is 12.8. The van der Waals surface area contributed by atoms with Crippen LogP contribution in [0.4, 0.5) is 0 Å². The van der Waals surface area contributed by atoms with Crippen molar-refractivity contribution in [2.24, 2.45) is 0 Å². The van der Waals surface area contributed by atoms with E-state index in [0.717, 1.165) is 24.0 Å². The van der Waals surface area contributed by atoms with Gasteiger partial charge in [-0.2, -0.15) is 4.31 Å². The average Bonchev–Trinajstić information content (AvgIpc) is 3.05. The summed E-state index contributed by atoms with van der Waals surface area (Å²) in [6.45, 7) is 0.543. The Labute approximate surface area is 143 Å². The fourth-order valence-corrected chi connectivity index (χ4v) is 5.18. The van der Waals surface area contributed by atoms with Crippen LogP contribution < -0.4 is 0 Å². The molecule has 2 aromatic carbocycles. The monoisotopic (exact) mass is 345 g/mol. The highest BCUT2D eigenvalue weighted by Gasteiger charge is 2.35. The van der Waals surface area contributed by atoms with Crippen LogP contribution in [0.25, 0.3) is 0 Å². The number of benzene rings is 2. The first kappa shape index (κ1) is 17.1. The highest BCUT2D eigenvalue weighted by Crippen LogP contribution is 2.30. The Morgan fingerprint density at radius 1 is 1.04 bits per heavy atom. The molecule has 0 amide bonds. The van der Waals surface area contributed by atoms with E-state index in [1.807, 2.05) is 60.7 Å². The number of nitrogens with zero attached hydrogens (tertiary/aromatic N) is 1. The van der Waals surface area contributed by atoms with Crippen molar-refractivity contribution in [2.45, 2.75) is 37.2 Å². The first-order valence-electron chi connectivity index (χ1n) is 8.33. The maximum Gasteiger partial charge on any atom is 0.218 e. The van der Waals surface area contributed by atoms with E-state index in [4.69, 9.17) is 0 Å². The number of aliphatic hydroxyl groups is 1. The molecule has 0 saturated carbocycles. The van der Waals surface area contributed by atoms with Crippen LogP contribution >= 0.6 is 0 Å². The Morgan fingerprint density at radius 2 is 1.67 bits per heavy atom. The van der Waals surface area contributed by atoms with Crippen LogP contribution in [0.2, 0.25) is 0 Å². The van der Waals surface area contributed by atoms with E-state index in [9.17, 15) is 13.5 Å². The van der Waals surface area contributed by atoms with Gasteiger partial charge >= 0.3 is 0 Å². The molecule has 1 aliphatic rings. The lowest BCUT2D eigenvalue weighted by molar-refractivity contribution is 0.142. The fraction of sp³-hybridized carbons (Fsp3) is 0.368. The molecule has 24 heavy (non-hydrogen) atoms. The highest BCUT2D eigenvalue weighted by molar-refractivity contribution is 7.88. The summed E-state index contributed by atoms with van der Waals surface area (Å²) in [5.41, 5.74) is 1.64. The van der Waals surface area contributed by atoms with Crippen LogP contribution in [-0.4, -0.2) is 30.4 Å². The van der Waals surface area contributed by atoms with Gasteiger partial charge in [0.2, 0.25) is 10.0 Å². The predicted octanol–water partition coefficient (Wildman–Crippen LogP) is 3.10. The largest absolute Gasteiger partial charge is 0.388 e. The molecule has 2 atom stereocenters. The van der Waals surface area contributed by atoms with Crippen molar-refractivity contribution in [2.75, 3.05) is 6.54 Å². The van der Waals surface area contributed by atoms with Gasteiger partial charge < -0.3 is 5.11 Å². The zero-order valence-electron chi connectivity index (χ0n) is 13.6. The Balaban J connectivity index is 1.70. The SMILES string of the molecule is O=S(=O)(Cc1ccccc1)N1CCCC1CC(O)c1ccccc1. The first-order valence-corrected chi connectivity index (χ1v) is 9.93. The second kappa shape index (κ2) is 7.47. The molecule has 128 valence electrons. The van der Waals surface area contributed by atoms with Gasteiger partial charge in [0.15, 0.2) is 0 Å². The molecule has 4 nitrogen and oxygen atoms in total. The van der Waals surface area contributed by atoms with Crippen molar-refractivity contribution >= 4 is 10.0 Å². The molecule has 1 fully saturated rings. The number of hydrogen-bond acceptors (Lipinski definition) is 3. The smallest absolute Gasteiger partial charge is 0.218 e. The summed E-state index contributed by atoms with van der Waals surface area (Å²) in [7, 11) is -3.37. The molecule has 2 aromatic rings. The molecule has 0 spiro atoms. The predicted molar refractivity (Wildman–Crippen MR) is 94.8 cm³/mol. The zero-order chi connectivity index (χ0) is 17.0. The molecule has 2 unspecified atom stereocenters. The van der Waals surface area contributed by atoms with Crippen LogP contribution in [0.15, 0.2) is 60.7 Å². The minimum Gasteiger partial charge on any atom is -0.388 e. The van der Waals surface area contributed by atoms with Crippen LogP contribution in [0.5, 0.6) is 0 Å². The second-order valence-electron chi connectivity index (χ2n) is 6.31. The average molecular weight is 345 g/mol. The van der Waals surface area contributed by atoms with Crippen molar-refractivity contribution in [3.8, 4) is 0 Å². The summed E-state index contributed by atoms with van der Waals surface area (Å²) >= 11 is 0. The van der Waals surface area contributed by atoms with E-state index in [0.29, 0.717) is 13.0 Å². The molecule has 0 bridgehead atoms. The van der Waals surface area contributed by atoms with Crippen LogP contribution in [-0.2, 0) is 15.8 Å². The molecule has 1 N–H and O–H groups in total. The standard InChI is InChI=1S/C19H23NO3S/c21-19(17-10-5-2-6-11-17)14-18-12-7-13-20(18)24(22,23)15-16-8-3-1-4-9-16/h1-6,8-11,18-19,21H,7,12-15H2. The van der Waals surface area contributed by atoms with Crippen LogP contribution in [0.3, 0.4) is 0 Å². The normalized spacial score (nSPS) is 20.1. The van der Waals surface area contributed by atoms with E-state index < -0.39 is 16.1 Å². The lowest BCUT2D eigenvalue weighted by atomic mass is 10.0. The van der Waals surface area contributed by atoms with Gasteiger partial charge in [0, 0.05) is 12.6 Å². The molecule has 3 rings (SSSR count). The molecule has 0 radical (unpaired) electrons. The molecule has 1 aliphatic heterocycles. The van der Waals surface area contributed by atoms with Crippen molar-refractivity contribution in [3.05, 3.63) is 71.8 Å². The summed E-state index contributed by atoms with van der Waals surface area (Å²) in [6, 6.07) is 18.6. The van der Waals surface area contributed by atoms with Gasteiger partial charge in [-0.25, -0.2) is 8.42 Å². The van der Waals surface area contributed by atoms with Gasteiger partial charge in [-0.05, 0) is 30.4 Å². The number of aliphatic hydroxyl groups excluding tert-OH is 1. The summed E-state index contributed by atoms with van der Waals surface area (Å²) in [5.74, 6) is 0.0196. The van der Waals surface area contributed by atoms with E-state index in [2.05, 4.69) is 0 Å². The van der Waals surface area contributed by atoms with Crippen LogP contribution in [0.1, 0.15) is 36.5 Å². The van der Waals surface area contributed by atoms with Gasteiger partial charge in [-0.1, -0.05) is 60.7 Å². The van der Waals surface area contributed by atoms with E-state index >= 15 is 0 Å². The summed E-state index contributed by atoms with van der Waals surface area (Å²) in [4.78, 5) is 0. The lowest BCUT2D eigenvalue weighted by Crippen LogP contribution is -2.37. The zero-order valence-corrected chi connectivity index (χ0v) is 14.4. The van der Waals surface area contributed by atoms with Gasteiger partial charge in [0.05, 0.1) is 11.9 Å². The summed E-state index contributed by atoms with van der Waals surface area (Å²) in [6.07, 6.45) is 1.46. The quantitative estimate of drug-likeness (QED) is 0.875. The Hall–Kier alpha value is -1.69. The second-order valence-corrected chi connectivity index (χ2v) is 8.23. The third kappa shape index (κ3) is 4.04. The van der Waals surface area contributed by atoms with Crippen molar-refractivity contribution in [3.63, 3.8) is 0 Å². The first-order chi connectivity index (χ1) is 11.6. The van der Waals surface area contributed by atoms with Gasteiger partial charge in [-0.15, -0.1) is 0 Å². The third-order valence-corrected chi connectivity index (χ3v) is 6.45. The Kier molecular flexibility index (Phi) is 5.33. The fourth-order valence-electron chi connectivity index (χ4n) is 3.35. The van der Waals surface area contributed by atoms with E-state index in [1.165, 1.54) is 0 Å². The molecule has 1 saturated heterocycles. The summed E-state index contributed by atoms with van der Waals surface area (Å²) in [5, 5.41) is 10.4. The Morgan fingerprint density at radius 3 is 2.33 bits per heavy atom. The summed E-state index contributed by atoms with van der Waals surface area (Å²) < 4.78 is 27.1. The van der Waals surface area contributed by atoms with Gasteiger partial charge in [0.25, 0.3) is 0 Å². The minimum atomic E-state index is -3.37. The number of rotatable bonds is 6. The molecular weight excluding hydrogens is 322 g/mol. The van der Waals surface area contributed by atoms with Crippen molar-refractivity contribution in [1.29, 1.82) is 0 Å². The van der Waals surface area contributed by atoms with E-state index in [1.54, 1.807) is 4.31 Å². The van der Waals surface area contributed by atoms with E-state index in [-0.39, 0.29) is 11.8 Å². The minimum absolute atomic E-state index is 0.0196. The maximum absolute atomic E-state index is 12.8. The molecular formula is C19H23NO3S. The topological polar surface area (TPSA) is 57.6 Å². The lowest BCUT2D eigenvalue weighted by Gasteiger charge is -2.26. The van der Waals surface area contributed by atoms with Gasteiger partial charge in [0.1, 0.15) is 0 Å². The highest BCUT2D eigenvalue weighted by atomic mass is 32.2. The molecule has 0 aliphatic carbocycles. The van der Waals surface area contributed by atoms with Crippen LogP contribution in [0, 0.1) is 0 Å². The van der Waals surface area contributed by atoms with Crippen molar-refractivity contribution in [1.82, 2.24) is 4.31 Å². The molecule has 5 heteroatoms. The third-order valence-electron chi connectivity index (χ3n) is 4.55. The van der Waals surface area contributed by atoms with Crippen molar-refractivity contribution < 1.29 is 13.5 Å². The number of sulfonamides is 1. The Bertz CT molecular complexity index is 747. The molecule has 1 heterocycles.